The minimum Gasteiger partial charge on any atom is -0.349 e. The molecule has 13 heteroatoms. The number of nitrogens with zero attached hydrogens (tertiary/aromatic N) is 2. The number of amides is 2. The number of halogens is 4. The van der Waals surface area contributed by atoms with Crippen molar-refractivity contribution in [3.05, 3.63) is 99.0 Å². The topological polar surface area (TPSA) is 113 Å². The van der Waals surface area contributed by atoms with E-state index in [2.05, 4.69) is 5.32 Å². The summed E-state index contributed by atoms with van der Waals surface area (Å²) >= 11 is 11.9. The highest BCUT2D eigenvalue weighted by Gasteiger charge is 2.46. The lowest BCUT2D eigenvalue weighted by Crippen LogP contribution is -2.53. The van der Waals surface area contributed by atoms with Gasteiger partial charge in [-0.1, -0.05) is 47.5 Å². The van der Waals surface area contributed by atoms with E-state index in [1.807, 2.05) is 6.07 Å². The van der Waals surface area contributed by atoms with Crippen LogP contribution in [0, 0.1) is 11.6 Å². The van der Waals surface area contributed by atoms with Crippen molar-refractivity contribution in [2.45, 2.75) is 24.2 Å². The molecule has 0 spiro atoms. The fourth-order valence-corrected chi connectivity index (χ4v) is 6.04. The van der Waals surface area contributed by atoms with Gasteiger partial charge in [0.15, 0.2) is 6.17 Å². The Morgan fingerprint density at radius 1 is 0.947 bits per heavy atom. The van der Waals surface area contributed by atoms with Crippen molar-refractivity contribution < 1.29 is 26.8 Å². The predicted octanol–water partition coefficient (Wildman–Crippen LogP) is 3.52. The van der Waals surface area contributed by atoms with E-state index in [0.29, 0.717) is 11.6 Å². The van der Waals surface area contributed by atoms with Gasteiger partial charge in [-0.15, -0.1) is 0 Å². The lowest BCUT2D eigenvalue weighted by atomic mass is 10.1. The Labute approximate surface area is 228 Å². The molecule has 38 heavy (non-hydrogen) atoms. The second-order valence-corrected chi connectivity index (χ2v) is 11.2. The quantitative estimate of drug-likeness (QED) is 0.442. The normalized spacial score (nSPS) is 16.0. The van der Waals surface area contributed by atoms with Crippen molar-refractivity contribution in [2.75, 3.05) is 13.1 Å². The minimum absolute atomic E-state index is 0.0143. The Morgan fingerprint density at radius 3 is 2.29 bits per heavy atom. The molecule has 0 aliphatic carbocycles. The molecular weight excluding hydrogens is 561 g/mol. The van der Waals surface area contributed by atoms with E-state index in [9.17, 15) is 26.8 Å². The van der Waals surface area contributed by atoms with Crippen LogP contribution in [-0.2, 0) is 27.9 Å². The van der Waals surface area contributed by atoms with Crippen LogP contribution in [0.1, 0.15) is 21.5 Å². The van der Waals surface area contributed by atoms with Crippen LogP contribution >= 0.6 is 23.2 Å². The monoisotopic (exact) mass is 582 g/mol. The molecule has 8 nitrogen and oxygen atoms in total. The van der Waals surface area contributed by atoms with E-state index >= 15 is 0 Å². The van der Waals surface area contributed by atoms with Gasteiger partial charge in [-0.2, -0.15) is 4.31 Å². The average Bonchev–Trinajstić information content (AvgIpc) is 3.34. The van der Waals surface area contributed by atoms with Crippen molar-refractivity contribution in [3.8, 4) is 0 Å². The van der Waals surface area contributed by atoms with Gasteiger partial charge < -0.3 is 16.0 Å². The van der Waals surface area contributed by atoms with Gasteiger partial charge in [0.1, 0.15) is 11.6 Å². The number of nitrogens with two attached hydrogens (primary N) is 1. The zero-order chi connectivity index (χ0) is 27.6. The Morgan fingerprint density at radius 2 is 1.63 bits per heavy atom. The van der Waals surface area contributed by atoms with Gasteiger partial charge in [0.05, 0.1) is 14.9 Å². The number of sulfonamides is 1. The Hall–Kier alpha value is -3.09. The van der Waals surface area contributed by atoms with Gasteiger partial charge in [0.25, 0.3) is 11.8 Å². The number of rotatable bonds is 7. The van der Waals surface area contributed by atoms with Gasteiger partial charge in [0.2, 0.25) is 10.0 Å². The zero-order valence-electron chi connectivity index (χ0n) is 19.7. The first kappa shape index (κ1) is 27.9. The largest absolute Gasteiger partial charge is 0.349 e. The summed E-state index contributed by atoms with van der Waals surface area (Å²) in [6.07, 6.45) is -1.65. The standard InChI is InChI=1S/C25H22Cl2F2N4O4S/c26-21-5-4-20(12-22(21)27)38(36,37)33-7-6-32(25(35)17-9-18(28)11-19(29)10-17)24(33)23(34)31-14-16-3-1-2-15(8-16)13-30/h1-5,8-12,24H,6-7,13-14,30H2,(H,31,34). The van der Waals surface area contributed by atoms with E-state index in [-0.39, 0.29) is 46.7 Å². The van der Waals surface area contributed by atoms with Gasteiger partial charge in [0, 0.05) is 37.8 Å². The number of nitrogens with one attached hydrogen (secondary N) is 1. The summed E-state index contributed by atoms with van der Waals surface area (Å²) in [5.74, 6) is -3.71. The highest BCUT2D eigenvalue weighted by Crippen LogP contribution is 2.30. The van der Waals surface area contributed by atoms with Crippen LogP contribution in [0.5, 0.6) is 0 Å². The number of hydrogen-bond donors (Lipinski definition) is 2. The summed E-state index contributed by atoms with van der Waals surface area (Å²) in [7, 11) is -4.36. The Kier molecular flexibility index (Phi) is 8.34. The third-order valence-electron chi connectivity index (χ3n) is 5.93. The van der Waals surface area contributed by atoms with Gasteiger partial charge in [-0.05, 0) is 41.5 Å². The van der Waals surface area contributed by atoms with Crippen LogP contribution in [0.4, 0.5) is 8.78 Å². The van der Waals surface area contributed by atoms with Crippen molar-refractivity contribution in [1.29, 1.82) is 0 Å². The molecule has 0 bridgehead atoms. The summed E-state index contributed by atoms with van der Waals surface area (Å²) in [5, 5.41) is 2.76. The van der Waals surface area contributed by atoms with E-state index in [0.717, 1.165) is 33.0 Å². The van der Waals surface area contributed by atoms with E-state index in [1.54, 1.807) is 18.2 Å². The molecule has 0 saturated carbocycles. The molecule has 1 heterocycles. The van der Waals surface area contributed by atoms with Crippen LogP contribution in [0.3, 0.4) is 0 Å². The summed E-state index contributed by atoms with van der Waals surface area (Å²) in [5.41, 5.74) is 6.82. The average molecular weight is 583 g/mol. The minimum atomic E-state index is -4.36. The maximum absolute atomic E-state index is 13.8. The van der Waals surface area contributed by atoms with Gasteiger partial charge in [-0.3, -0.25) is 9.59 Å². The molecule has 0 aromatic heterocycles. The number of hydrogen-bond acceptors (Lipinski definition) is 5. The van der Waals surface area contributed by atoms with Crippen LogP contribution in [-0.4, -0.2) is 48.7 Å². The molecular formula is C25H22Cl2F2N4O4S. The molecule has 1 aliphatic heterocycles. The van der Waals surface area contributed by atoms with Gasteiger partial charge in [-0.25, -0.2) is 17.2 Å². The Bertz CT molecular complexity index is 1490. The summed E-state index contributed by atoms with van der Waals surface area (Å²) in [6, 6.07) is 13.0. The number of carbonyl (C=O) groups excluding carboxylic acids is 2. The lowest BCUT2D eigenvalue weighted by molar-refractivity contribution is -0.127. The van der Waals surface area contributed by atoms with E-state index in [4.69, 9.17) is 28.9 Å². The molecule has 3 aromatic carbocycles. The molecule has 2 amide bonds. The van der Waals surface area contributed by atoms with Crippen LogP contribution < -0.4 is 11.1 Å². The maximum atomic E-state index is 13.8. The van der Waals surface area contributed by atoms with Crippen LogP contribution in [0.2, 0.25) is 10.0 Å². The third-order valence-corrected chi connectivity index (χ3v) is 8.51. The second kappa shape index (κ2) is 11.3. The molecule has 1 aliphatic rings. The zero-order valence-corrected chi connectivity index (χ0v) is 22.0. The molecule has 3 N–H and O–H groups in total. The fourth-order valence-electron chi connectivity index (χ4n) is 4.11. The molecule has 1 fully saturated rings. The van der Waals surface area contributed by atoms with Crippen molar-refractivity contribution in [2.24, 2.45) is 5.73 Å². The number of benzene rings is 3. The predicted molar refractivity (Wildman–Crippen MR) is 138 cm³/mol. The fraction of sp³-hybridized carbons (Fsp3) is 0.200. The summed E-state index contributed by atoms with van der Waals surface area (Å²) < 4.78 is 55.6. The summed E-state index contributed by atoms with van der Waals surface area (Å²) in [6.45, 7) is -0.169. The van der Waals surface area contributed by atoms with Crippen molar-refractivity contribution in [1.82, 2.24) is 14.5 Å². The highest BCUT2D eigenvalue weighted by molar-refractivity contribution is 7.89. The molecule has 4 rings (SSSR count). The van der Waals surface area contributed by atoms with E-state index < -0.39 is 39.6 Å². The first-order chi connectivity index (χ1) is 18.0. The van der Waals surface area contributed by atoms with Gasteiger partial charge >= 0.3 is 0 Å². The van der Waals surface area contributed by atoms with Crippen molar-refractivity contribution in [3.63, 3.8) is 0 Å². The maximum Gasteiger partial charge on any atom is 0.259 e. The second-order valence-electron chi connectivity index (χ2n) is 8.46. The Balaban J connectivity index is 1.69. The third kappa shape index (κ3) is 5.82. The smallest absolute Gasteiger partial charge is 0.259 e. The first-order valence-electron chi connectivity index (χ1n) is 11.3. The number of carbonyl (C=O) groups is 2. The molecule has 200 valence electrons. The van der Waals surface area contributed by atoms with E-state index in [1.165, 1.54) is 12.1 Å². The molecule has 1 unspecified atom stereocenters. The summed E-state index contributed by atoms with van der Waals surface area (Å²) in [4.78, 5) is 27.4. The molecule has 3 aromatic rings. The molecule has 1 atom stereocenters. The SMILES string of the molecule is NCc1cccc(CNC(=O)C2N(C(=O)c3cc(F)cc(F)c3)CCN2S(=O)(=O)c2ccc(Cl)c(Cl)c2)c1. The van der Waals surface area contributed by atoms with Crippen LogP contribution in [0.15, 0.2) is 65.6 Å². The first-order valence-corrected chi connectivity index (χ1v) is 13.5. The highest BCUT2D eigenvalue weighted by atomic mass is 35.5. The van der Waals surface area contributed by atoms with Crippen LogP contribution in [0.25, 0.3) is 0 Å². The molecule has 0 radical (unpaired) electrons. The molecule has 1 saturated heterocycles. The van der Waals surface area contributed by atoms with Crippen molar-refractivity contribution >= 4 is 45.0 Å². The lowest BCUT2D eigenvalue weighted by Gasteiger charge is -2.29.